The number of alkyl carbamates (subject to hydrolysis) is 1. The largest absolute Gasteiger partial charge is 0.444 e. The third-order valence-electron chi connectivity index (χ3n) is 4.48. The van der Waals surface area contributed by atoms with Crippen LogP contribution in [0.2, 0.25) is 0 Å². The van der Waals surface area contributed by atoms with Gasteiger partial charge in [0.1, 0.15) is 5.60 Å². The fraction of sp³-hybridized carbons (Fsp3) is 0.882. The standard InChI is InChI=1S/C17H28N2O4/c1-13(19-14(20)23-15(2,3)4)11-16(12-18)5-7-17(8-6-16)21-9-10-22-17/h13H,5-11H2,1-4H3,(H,19,20)/t13-/m0/s1. The summed E-state index contributed by atoms with van der Waals surface area (Å²) >= 11 is 0. The molecule has 1 aliphatic heterocycles. The molecule has 1 saturated heterocycles. The molecule has 1 saturated carbocycles. The van der Waals surface area contributed by atoms with Gasteiger partial charge in [0.25, 0.3) is 0 Å². The van der Waals surface area contributed by atoms with Gasteiger partial charge in [-0.1, -0.05) is 0 Å². The Bertz CT molecular complexity index is 462. The van der Waals surface area contributed by atoms with E-state index < -0.39 is 22.9 Å². The molecular weight excluding hydrogens is 296 g/mol. The van der Waals surface area contributed by atoms with Crippen LogP contribution in [0.4, 0.5) is 4.79 Å². The zero-order valence-corrected chi connectivity index (χ0v) is 14.6. The van der Waals surface area contributed by atoms with Crippen molar-refractivity contribution >= 4 is 6.09 Å². The summed E-state index contributed by atoms with van der Waals surface area (Å²) in [4.78, 5) is 11.9. The Morgan fingerprint density at radius 2 is 1.83 bits per heavy atom. The highest BCUT2D eigenvalue weighted by atomic mass is 16.7. The lowest BCUT2D eigenvalue weighted by molar-refractivity contribution is -0.188. The minimum absolute atomic E-state index is 0.121. The first-order valence-corrected chi connectivity index (χ1v) is 8.36. The molecule has 6 nitrogen and oxygen atoms in total. The van der Waals surface area contributed by atoms with Gasteiger partial charge in [-0.15, -0.1) is 0 Å². The molecule has 0 aromatic carbocycles. The van der Waals surface area contributed by atoms with Crippen LogP contribution < -0.4 is 5.32 Å². The van der Waals surface area contributed by atoms with Crippen LogP contribution in [0, 0.1) is 16.7 Å². The second-order valence-corrected chi connectivity index (χ2v) is 7.75. The van der Waals surface area contributed by atoms with Gasteiger partial charge in [-0.05, 0) is 47.0 Å². The molecule has 1 aliphatic carbocycles. The van der Waals surface area contributed by atoms with Gasteiger partial charge in [0.05, 0.1) is 24.7 Å². The van der Waals surface area contributed by atoms with Crippen molar-refractivity contribution in [2.45, 2.75) is 77.2 Å². The van der Waals surface area contributed by atoms with Gasteiger partial charge in [-0.3, -0.25) is 0 Å². The normalized spacial score (nSPS) is 24.0. The summed E-state index contributed by atoms with van der Waals surface area (Å²) < 4.78 is 16.7. The van der Waals surface area contributed by atoms with E-state index in [2.05, 4.69) is 11.4 Å². The van der Waals surface area contributed by atoms with Crippen molar-refractivity contribution in [2.75, 3.05) is 13.2 Å². The van der Waals surface area contributed by atoms with Gasteiger partial charge >= 0.3 is 6.09 Å². The molecule has 23 heavy (non-hydrogen) atoms. The first-order chi connectivity index (χ1) is 10.7. The first-order valence-electron chi connectivity index (χ1n) is 8.36. The Morgan fingerprint density at radius 1 is 1.26 bits per heavy atom. The third kappa shape index (κ3) is 4.82. The average molecular weight is 324 g/mol. The molecule has 0 unspecified atom stereocenters. The quantitative estimate of drug-likeness (QED) is 0.862. The molecule has 2 aliphatic rings. The second kappa shape index (κ2) is 6.66. The molecule has 1 atom stereocenters. The number of amides is 1. The average Bonchev–Trinajstić information content (AvgIpc) is 2.88. The predicted molar refractivity (Wildman–Crippen MR) is 84.6 cm³/mol. The molecular formula is C17H28N2O4. The van der Waals surface area contributed by atoms with Crippen molar-refractivity contribution in [1.29, 1.82) is 5.26 Å². The zero-order valence-electron chi connectivity index (χ0n) is 14.6. The highest BCUT2D eigenvalue weighted by molar-refractivity contribution is 5.68. The first kappa shape index (κ1) is 18.0. The summed E-state index contributed by atoms with van der Waals surface area (Å²) in [5, 5.41) is 12.5. The topological polar surface area (TPSA) is 80.6 Å². The summed E-state index contributed by atoms with van der Waals surface area (Å²) in [5.41, 5.74) is -0.958. The van der Waals surface area contributed by atoms with Crippen molar-refractivity contribution in [3.05, 3.63) is 0 Å². The van der Waals surface area contributed by atoms with Crippen LogP contribution in [-0.2, 0) is 14.2 Å². The summed E-state index contributed by atoms with van der Waals surface area (Å²) in [6, 6.07) is 2.35. The zero-order chi connectivity index (χ0) is 17.1. The maximum atomic E-state index is 11.9. The molecule has 0 aromatic heterocycles. The highest BCUT2D eigenvalue weighted by Crippen LogP contribution is 2.46. The minimum Gasteiger partial charge on any atom is -0.444 e. The highest BCUT2D eigenvalue weighted by Gasteiger charge is 2.47. The predicted octanol–water partition coefficient (Wildman–Crippen LogP) is 3.12. The molecule has 1 N–H and O–H groups in total. The number of hydrogen-bond donors (Lipinski definition) is 1. The summed E-state index contributed by atoms with van der Waals surface area (Å²) in [7, 11) is 0. The van der Waals surface area contributed by atoms with Gasteiger partial charge in [-0.2, -0.15) is 5.26 Å². The number of ether oxygens (including phenoxy) is 3. The lowest BCUT2D eigenvalue weighted by atomic mass is 9.69. The Labute approximate surface area is 138 Å². The van der Waals surface area contributed by atoms with Crippen LogP contribution in [0.5, 0.6) is 0 Å². The number of carbonyl (C=O) groups is 1. The van der Waals surface area contributed by atoms with Gasteiger partial charge in [-0.25, -0.2) is 4.79 Å². The molecule has 2 fully saturated rings. The van der Waals surface area contributed by atoms with E-state index in [9.17, 15) is 10.1 Å². The van der Waals surface area contributed by atoms with Crippen molar-refractivity contribution < 1.29 is 19.0 Å². The Balaban J connectivity index is 1.87. The van der Waals surface area contributed by atoms with Crippen LogP contribution >= 0.6 is 0 Å². The second-order valence-electron chi connectivity index (χ2n) is 7.75. The van der Waals surface area contributed by atoms with E-state index in [1.807, 2.05) is 27.7 Å². The fourth-order valence-corrected chi connectivity index (χ4v) is 3.40. The van der Waals surface area contributed by atoms with Crippen molar-refractivity contribution in [3.63, 3.8) is 0 Å². The van der Waals surface area contributed by atoms with Crippen molar-refractivity contribution in [3.8, 4) is 6.07 Å². The summed E-state index contributed by atoms with van der Waals surface area (Å²) in [6.45, 7) is 8.67. The lowest BCUT2D eigenvalue weighted by Crippen LogP contribution is -2.44. The number of nitrogens with zero attached hydrogens (tertiary/aromatic N) is 1. The van der Waals surface area contributed by atoms with Gasteiger partial charge in [0, 0.05) is 18.9 Å². The molecule has 1 heterocycles. The lowest BCUT2D eigenvalue weighted by Gasteiger charge is -2.40. The van der Waals surface area contributed by atoms with Crippen LogP contribution in [0.1, 0.15) is 59.8 Å². The number of carbonyl (C=O) groups excluding carboxylic acids is 1. The van der Waals surface area contributed by atoms with Crippen molar-refractivity contribution in [2.24, 2.45) is 5.41 Å². The minimum atomic E-state index is -0.523. The molecule has 6 heteroatoms. The Morgan fingerprint density at radius 3 is 2.30 bits per heavy atom. The summed E-state index contributed by atoms with van der Waals surface area (Å²) in [6.07, 6.45) is 3.10. The van der Waals surface area contributed by atoms with Crippen LogP contribution in [0.25, 0.3) is 0 Å². The van der Waals surface area contributed by atoms with Gasteiger partial charge in [0.2, 0.25) is 0 Å². The van der Waals surface area contributed by atoms with E-state index in [4.69, 9.17) is 14.2 Å². The Kier molecular flexibility index (Phi) is 5.22. The van der Waals surface area contributed by atoms with Crippen LogP contribution in [-0.4, -0.2) is 36.7 Å². The van der Waals surface area contributed by atoms with Crippen LogP contribution in [0.3, 0.4) is 0 Å². The number of nitriles is 1. The van der Waals surface area contributed by atoms with E-state index in [0.29, 0.717) is 19.6 Å². The smallest absolute Gasteiger partial charge is 0.407 e. The van der Waals surface area contributed by atoms with E-state index in [1.165, 1.54) is 0 Å². The van der Waals surface area contributed by atoms with Gasteiger partial charge in [0.15, 0.2) is 5.79 Å². The Hall–Kier alpha value is -1.32. The number of nitrogens with one attached hydrogen (secondary N) is 1. The van der Waals surface area contributed by atoms with E-state index in [1.54, 1.807) is 0 Å². The monoisotopic (exact) mass is 324 g/mol. The maximum Gasteiger partial charge on any atom is 0.407 e. The summed E-state index contributed by atoms with van der Waals surface area (Å²) in [5.74, 6) is -0.470. The van der Waals surface area contributed by atoms with E-state index in [-0.39, 0.29) is 6.04 Å². The van der Waals surface area contributed by atoms with Gasteiger partial charge < -0.3 is 19.5 Å². The number of hydrogen-bond acceptors (Lipinski definition) is 5. The van der Waals surface area contributed by atoms with Crippen molar-refractivity contribution in [1.82, 2.24) is 5.32 Å². The molecule has 2 rings (SSSR count). The number of rotatable bonds is 3. The van der Waals surface area contributed by atoms with E-state index >= 15 is 0 Å². The fourth-order valence-electron chi connectivity index (χ4n) is 3.40. The van der Waals surface area contributed by atoms with E-state index in [0.717, 1.165) is 25.7 Å². The molecule has 130 valence electrons. The third-order valence-corrected chi connectivity index (χ3v) is 4.48. The maximum absolute atomic E-state index is 11.9. The van der Waals surface area contributed by atoms with Crippen LogP contribution in [0.15, 0.2) is 0 Å². The SMILES string of the molecule is C[C@@H](CC1(C#N)CCC2(CC1)OCCO2)NC(=O)OC(C)(C)C. The molecule has 0 radical (unpaired) electrons. The molecule has 0 aromatic rings. The molecule has 1 spiro atoms. The molecule has 0 bridgehead atoms. The molecule has 1 amide bonds.